The maximum absolute atomic E-state index is 12.2. The summed E-state index contributed by atoms with van der Waals surface area (Å²) in [6.07, 6.45) is 19.4. The SMILES string of the molecule is C=C(C)c1ccc(CCCCCCCCCCCCc2ccc(/C=C/C(=O)c3ccccc3)cc2)cc1. The van der Waals surface area contributed by atoms with Crippen LogP contribution in [0.15, 0.2) is 91.5 Å². The molecule has 1 heteroatoms. The largest absolute Gasteiger partial charge is 0.289 e. The number of rotatable bonds is 17. The highest BCUT2D eigenvalue weighted by Gasteiger charge is 2.00. The first-order chi connectivity index (χ1) is 18.1. The Bertz CT molecular complexity index is 1090. The van der Waals surface area contributed by atoms with Crippen LogP contribution in [0, 0.1) is 0 Å². The summed E-state index contributed by atoms with van der Waals surface area (Å²) < 4.78 is 0. The lowest BCUT2D eigenvalue weighted by molar-refractivity contribution is 0.104. The second-order valence-electron chi connectivity index (χ2n) is 10.3. The van der Waals surface area contributed by atoms with Gasteiger partial charge in [-0.2, -0.15) is 0 Å². The summed E-state index contributed by atoms with van der Waals surface area (Å²) in [5, 5.41) is 0. The summed E-state index contributed by atoms with van der Waals surface area (Å²) in [6.45, 7) is 6.07. The summed E-state index contributed by atoms with van der Waals surface area (Å²) in [4.78, 5) is 12.2. The average Bonchev–Trinajstić information content (AvgIpc) is 2.93. The molecule has 1 nitrogen and oxygen atoms in total. The van der Waals surface area contributed by atoms with E-state index in [1.165, 1.54) is 87.3 Å². The van der Waals surface area contributed by atoms with Gasteiger partial charge in [0.05, 0.1) is 0 Å². The maximum atomic E-state index is 12.2. The van der Waals surface area contributed by atoms with Gasteiger partial charge in [0, 0.05) is 5.56 Å². The van der Waals surface area contributed by atoms with Gasteiger partial charge in [0.2, 0.25) is 0 Å². The van der Waals surface area contributed by atoms with Gasteiger partial charge in [0.25, 0.3) is 0 Å². The van der Waals surface area contributed by atoms with Crippen LogP contribution in [0.5, 0.6) is 0 Å². The highest BCUT2D eigenvalue weighted by Crippen LogP contribution is 2.16. The van der Waals surface area contributed by atoms with E-state index >= 15 is 0 Å². The second kappa shape index (κ2) is 16.5. The molecule has 0 aliphatic rings. The predicted octanol–water partition coefficient (Wildman–Crippen LogP) is 10.3. The molecule has 37 heavy (non-hydrogen) atoms. The fourth-order valence-corrected chi connectivity index (χ4v) is 4.69. The van der Waals surface area contributed by atoms with E-state index in [2.05, 4.69) is 62.0 Å². The molecule has 0 atom stereocenters. The Balaban J connectivity index is 1.16. The van der Waals surface area contributed by atoms with E-state index in [9.17, 15) is 4.79 Å². The fraction of sp³-hybridized carbons (Fsp3) is 0.361. The Hall–Kier alpha value is -3.19. The van der Waals surface area contributed by atoms with Crippen molar-refractivity contribution in [2.24, 2.45) is 0 Å². The number of benzene rings is 3. The van der Waals surface area contributed by atoms with Crippen LogP contribution in [-0.2, 0) is 12.8 Å². The zero-order chi connectivity index (χ0) is 26.1. The van der Waals surface area contributed by atoms with Gasteiger partial charge in [0.15, 0.2) is 5.78 Å². The molecule has 0 bridgehead atoms. The molecule has 3 rings (SSSR count). The normalized spacial score (nSPS) is 11.2. The molecule has 0 unspecified atom stereocenters. The highest BCUT2D eigenvalue weighted by atomic mass is 16.1. The first-order valence-corrected chi connectivity index (χ1v) is 14.2. The molecule has 0 aliphatic heterocycles. The molecule has 0 fully saturated rings. The lowest BCUT2D eigenvalue weighted by Crippen LogP contribution is -1.92. The molecule has 0 aliphatic carbocycles. The minimum atomic E-state index is 0.0468. The number of hydrogen-bond acceptors (Lipinski definition) is 1. The smallest absolute Gasteiger partial charge is 0.185 e. The van der Waals surface area contributed by atoms with Crippen molar-refractivity contribution in [3.63, 3.8) is 0 Å². The van der Waals surface area contributed by atoms with Crippen LogP contribution in [0.2, 0.25) is 0 Å². The van der Waals surface area contributed by atoms with Gasteiger partial charge in [-0.3, -0.25) is 4.79 Å². The van der Waals surface area contributed by atoms with E-state index in [1.807, 2.05) is 36.4 Å². The van der Waals surface area contributed by atoms with Gasteiger partial charge in [0.1, 0.15) is 0 Å². The van der Waals surface area contributed by atoms with E-state index in [1.54, 1.807) is 6.08 Å². The van der Waals surface area contributed by atoms with Crippen molar-refractivity contribution < 1.29 is 4.79 Å². The van der Waals surface area contributed by atoms with E-state index in [0.717, 1.165) is 23.1 Å². The zero-order valence-electron chi connectivity index (χ0n) is 22.8. The molecule has 0 saturated heterocycles. The molecule has 0 amide bonds. The van der Waals surface area contributed by atoms with Gasteiger partial charge < -0.3 is 0 Å². The Kier molecular flexibility index (Phi) is 12.7. The van der Waals surface area contributed by atoms with Crippen LogP contribution >= 0.6 is 0 Å². The molecular formula is C36H44O. The highest BCUT2D eigenvalue weighted by molar-refractivity contribution is 6.06. The van der Waals surface area contributed by atoms with Gasteiger partial charge in [-0.05, 0) is 60.9 Å². The number of ketones is 1. The number of carbonyl (C=O) groups excluding carboxylic acids is 1. The molecule has 0 radical (unpaired) electrons. The monoisotopic (exact) mass is 492 g/mol. The van der Waals surface area contributed by atoms with Crippen molar-refractivity contribution in [2.45, 2.75) is 84.0 Å². The van der Waals surface area contributed by atoms with Crippen molar-refractivity contribution in [3.05, 3.63) is 119 Å². The third-order valence-electron chi connectivity index (χ3n) is 7.09. The first kappa shape index (κ1) is 28.4. The summed E-state index contributed by atoms with van der Waals surface area (Å²) in [6, 6.07) is 27.0. The second-order valence-corrected chi connectivity index (χ2v) is 10.3. The third kappa shape index (κ3) is 11.2. The zero-order valence-corrected chi connectivity index (χ0v) is 22.8. The molecule has 0 heterocycles. The van der Waals surface area contributed by atoms with Gasteiger partial charge >= 0.3 is 0 Å². The molecule has 0 N–H and O–H groups in total. The lowest BCUT2D eigenvalue weighted by atomic mass is 10.0. The Labute approximate surface area is 225 Å². The van der Waals surface area contributed by atoms with Crippen LogP contribution in [0.1, 0.15) is 104 Å². The predicted molar refractivity (Wildman–Crippen MR) is 161 cm³/mol. The first-order valence-electron chi connectivity index (χ1n) is 14.2. The summed E-state index contributed by atoms with van der Waals surface area (Å²) in [7, 11) is 0. The number of carbonyl (C=O) groups is 1. The standard InChI is InChI=1S/C36H44O/c1-30(2)34-27-24-32(25-28-34)17-13-10-8-6-4-3-5-7-9-12-16-31-20-22-33(23-21-31)26-29-36(37)35-18-14-11-15-19-35/h11,14-15,18-29H,1,3-10,12-13,16-17H2,2H3/b29-26+. The van der Waals surface area contributed by atoms with Crippen molar-refractivity contribution in [3.8, 4) is 0 Å². The van der Waals surface area contributed by atoms with Gasteiger partial charge in [-0.25, -0.2) is 0 Å². The van der Waals surface area contributed by atoms with Crippen molar-refractivity contribution >= 4 is 17.4 Å². The van der Waals surface area contributed by atoms with Crippen molar-refractivity contribution in [1.82, 2.24) is 0 Å². The molecule has 3 aromatic rings. The number of aryl methyl sites for hydroxylation is 2. The minimum Gasteiger partial charge on any atom is -0.289 e. The van der Waals surface area contributed by atoms with Crippen molar-refractivity contribution in [1.29, 1.82) is 0 Å². The Morgan fingerprint density at radius 2 is 1.05 bits per heavy atom. The average molecular weight is 493 g/mol. The molecule has 0 saturated carbocycles. The number of hydrogen-bond donors (Lipinski definition) is 0. The van der Waals surface area contributed by atoms with Gasteiger partial charge in [-0.15, -0.1) is 0 Å². The molecule has 194 valence electrons. The van der Waals surface area contributed by atoms with E-state index in [0.29, 0.717) is 0 Å². The summed E-state index contributed by atoms with van der Waals surface area (Å²) >= 11 is 0. The number of allylic oxidation sites excluding steroid dienone is 2. The quantitative estimate of drug-likeness (QED) is 0.104. The van der Waals surface area contributed by atoms with E-state index in [4.69, 9.17) is 0 Å². The van der Waals surface area contributed by atoms with E-state index in [-0.39, 0.29) is 5.78 Å². The number of unbranched alkanes of at least 4 members (excludes halogenated alkanes) is 9. The molecule has 3 aromatic carbocycles. The Morgan fingerprint density at radius 1 is 0.595 bits per heavy atom. The van der Waals surface area contributed by atoms with Gasteiger partial charge in [-0.1, -0.05) is 148 Å². The lowest BCUT2D eigenvalue weighted by Gasteiger charge is -2.05. The third-order valence-corrected chi connectivity index (χ3v) is 7.09. The molecule has 0 spiro atoms. The summed E-state index contributed by atoms with van der Waals surface area (Å²) in [5.74, 6) is 0.0468. The van der Waals surface area contributed by atoms with E-state index < -0.39 is 0 Å². The molecule has 0 aromatic heterocycles. The topological polar surface area (TPSA) is 17.1 Å². The van der Waals surface area contributed by atoms with Crippen LogP contribution in [0.3, 0.4) is 0 Å². The van der Waals surface area contributed by atoms with Crippen LogP contribution in [0.25, 0.3) is 11.6 Å². The maximum Gasteiger partial charge on any atom is 0.185 e. The van der Waals surface area contributed by atoms with Crippen molar-refractivity contribution in [2.75, 3.05) is 0 Å². The minimum absolute atomic E-state index is 0.0468. The van der Waals surface area contributed by atoms with Crippen LogP contribution in [-0.4, -0.2) is 5.78 Å². The van der Waals surface area contributed by atoms with Crippen LogP contribution < -0.4 is 0 Å². The van der Waals surface area contributed by atoms with Crippen LogP contribution in [0.4, 0.5) is 0 Å². The summed E-state index contributed by atoms with van der Waals surface area (Å²) in [5.41, 5.74) is 7.03. The fourth-order valence-electron chi connectivity index (χ4n) is 4.69. The molecular weight excluding hydrogens is 448 g/mol. The Morgan fingerprint density at radius 3 is 1.54 bits per heavy atom.